The smallest absolute Gasteiger partial charge is 0.387 e. The van der Waals surface area contributed by atoms with E-state index in [1.807, 2.05) is 0 Å². The molecule has 4 nitrogen and oxygen atoms in total. The molecule has 0 bridgehead atoms. The highest BCUT2D eigenvalue weighted by atomic mass is 19.3. The van der Waals surface area contributed by atoms with E-state index in [2.05, 4.69) is 42.6 Å². The van der Waals surface area contributed by atoms with Gasteiger partial charge in [-0.25, -0.2) is 0 Å². The second-order valence-electron chi connectivity index (χ2n) is 5.56. The van der Waals surface area contributed by atoms with Crippen molar-refractivity contribution in [2.24, 2.45) is 0 Å². The van der Waals surface area contributed by atoms with Crippen LogP contribution in [0, 0.1) is 0 Å². The number of nitrogens with one attached hydrogen (secondary N) is 1. The summed E-state index contributed by atoms with van der Waals surface area (Å²) < 4.78 is 29.0. The van der Waals surface area contributed by atoms with Gasteiger partial charge < -0.3 is 10.1 Å². The van der Waals surface area contributed by atoms with Crippen molar-refractivity contribution in [3.8, 4) is 5.75 Å². The Labute approximate surface area is 130 Å². The molecule has 0 aliphatic heterocycles. The molecule has 0 saturated heterocycles. The van der Waals surface area contributed by atoms with Gasteiger partial charge in [-0.2, -0.15) is 8.78 Å². The van der Waals surface area contributed by atoms with Gasteiger partial charge in [-0.05, 0) is 39.8 Å². The van der Waals surface area contributed by atoms with Crippen molar-refractivity contribution < 1.29 is 18.3 Å². The van der Waals surface area contributed by atoms with E-state index in [-0.39, 0.29) is 11.3 Å². The second-order valence-corrected chi connectivity index (χ2v) is 5.56. The fourth-order valence-corrected chi connectivity index (χ4v) is 2.36. The number of benzene rings is 1. The highest BCUT2D eigenvalue weighted by Crippen LogP contribution is 2.20. The minimum absolute atomic E-state index is 0.112. The van der Waals surface area contributed by atoms with Crippen LogP contribution in [0.2, 0.25) is 0 Å². The first-order chi connectivity index (χ1) is 10.3. The average molecular weight is 314 g/mol. The van der Waals surface area contributed by atoms with Crippen molar-refractivity contribution in [1.82, 2.24) is 10.2 Å². The first kappa shape index (κ1) is 18.4. The Balaban J connectivity index is 2.63. The molecular weight excluding hydrogens is 290 g/mol. The predicted molar refractivity (Wildman–Crippen MR) is 82.4 cm³/mol. The van der Waals surface area contributed by atoms with E-state index in [9.17, 15) is 13.6 Å². The molecule has 0 spiro atoms. The predicted octanol–water partition coefficient (Wildman–Crippen LogP) is 3.14. The van der Waals surface area contributed by atoms with E-state index in [0.717, 1.165) is 0 Å². The van der Waals surface area contributed by atoms with Gasteiger partial charge >= 0.3 is 6.61 Å². The SMILES string of the molecule is CC(C)N(CCNC(=O)c1ccccc1OC(F)F)C(C)C. The standard InChI is InChI=1S/C16H24F2N2O2/c1-11(2)20(12(3)4)10-9-19-15(21)13-7-5-6-8-14(13)22-16(17)18/h5-8,11-12,16H,9-10H2,1-4H3,(H,19,21). The quantitative estimate of drug-likeness (QED) is 0.801. The molecule has 22 heavy (non-hydrogen) atoms. The minimum atomic E-state index is -2.95. The van der Waals surface area contributed by atoms with E-state index >= 15 is 0 Å². The van der Waals surface area contributed by atoms with Gasteiger partial charge in [0.25, 0.3) is 5.91 Å². The molecular formula is C16H24F2N2O2. The van der Waals surface area contributed by atoms with Crippen molar-refractivity contribution in [1.29, 1.82) is 0 Å². The van der Waals surface area contributed by atoms with Crippen LogP contribution in [0.5, 0.6) is 5.75 Å². The van der Waals surface area contributed by atoms with Crippen molar-refractivity contribution in [3.05, 3.63) is 29.8 Å². The molecule has 124 valence electrons. The van der Waals surface area contributed by atoms with E-state index in [0.29, 0.717) is 25.2 Å². The molecule has 0 aliphatic carbocycles. The maximum Gasteiger partial charge on any atom is 0.387 e. The number of hydrogen-bond donors (Lipinski definition) is 1. The molecule has 1 aromatic rings. The van der Waals surface area contributed by atoms with Crippen LogP contribution in [-0.2, 0) is 0 Å². The third-order valence-corrected chi connectivity index (χ3v) is 3.33. The van der Waals surface area contributed by atoms with Gasteiger partial charge in [0.1, 0.15) is 5.75 Å². The number of hydrogen-bond acceptors (Lipinski definition) is 3. The van der Waals surface area contributed by atoms with Crippen molar-refractivity contribution >= 4 is 5.91 Å². The van der Waals surface area contributed by atoms with Gasteiger partial charge in [0.15, 0.2) is 0 Å². The van der Waals surface area contributed by atoms with E-state index in [4.69, 9.17) is 0 Å². The lowest BCUT2D eigenvalue weighted by Gasteiger charge is -2.30. The van der Waals surface area contributed by atoms with Gasteiger partial charge in [-0.3, -0.25) is 9.69 Å². The number of para-hydroxylation sites is 1. The summed E-state index contributed by atoms with van der Waals surface area (Å²) in [5.41, 5.74) is 0.114. The Kier molecular flexibility index (Phi) is 7.24. The Morgan fingerprint density at radius 1 is 1.18 bits per heavy atom. The van der Waals surface area contributed by atoms with Gasteiger partial charge in [-0.1, -0.05) is 12.1 Å². The summed E-state index contributed by atoms with van der Waals surface area (Å²) in [7, 11) is 0. The molecule has 0 atom stereocenters. The highest BCUT2D eigenvalue weighted by molar-refractivity contribution is 5.96. The summed E-state index contributed by atoms with van der Waals surface area (Å²) in [5.74, 6) is -0.525. The van der Waals surface area contributed by atoms with Crippen LogP contribution in [0.15, 0.2) is 24.3 Å². The lowest BCUT2D eigenvalue weighted by atomic mass is 10.2. The number of amides is 1. The van der Waals surface area contributed by atoms with Crippen molar-refractivity contribution in [3.63, 3.8) is 0 Å². The maximum atomic E-state index is 12.3. The van der Waals surface area contributed by atoms with Crippen LogP contribution < -0.4 is 10.1 Å². The van der Waals surface area contributed by atoms with Gasteiger partial charge in [0, 0.05) is 25.2 Å². The summed E-state index contributed by atoms with van der Waals surface area (Å²) in [6, 6.07) is 6.72. The molecule has 1 aromatic carbocycles. The van der Waals surface area contributed by atoms with Crippen LogP contribution in [0.1, 0.15) is 38.1 Å². The summed E-state index contributed by atoms with van der Waals surface area (Å²) in [6.45, 7) is 6.55. The second kappa shape index (κ2) is 8.68. The molecule has 1 N–H and O–H groups in total. The number of alkyl halides is 2. The highest BCUT2D eigenvalue weighted by Gasteiger charge is 2.16. The van der Waals surface area contributed by atoms with Crippen LogP contribution in [0.25, 0.3) is 0 Å². The fourth-order valence-electron chi connectivity index (χ4n) is 2.36. The molecule has 0 aliphatic rings. The zero-order valence-electron chi connectivity index (χ0n) is 13.5. The van der Waals surface area contributed by atoms with E-state index in [1.54, 1.807) is 12.1 Å². The molecule has 0 unspecified atom stereocenters. The lowest BCUT2D eigenvalue weighted by molar-refractivity contribution is -0.0501. The fraction of sp³-hybridized carbons (Fsp3) is 0.562. The molecule has 6 heteroatoms. The summed E-state index contributed by atoms with van der Waals surface area (Å²) in [4.78, 5) is 14.4. The molecule has 0 radical (unpaired) electrons. The number of nitrogens with zero attached hydrogens (tertiary/aromatic N) is 1. The molecule has 0 saturated carbocycles. The lowest BCUT2D eigenvalue weighted by Crippen LogP contribution is -2.42. The zero-order chi connectivity index (χ0) is 16.7. The van der Waals surface area contributed by atoms with Crippen LogP contribution >= 0.6 is 0 Å². The Bertz CT molecular complexity index is 471. The zero-order valence-corrected chi connectivity index (χ0v) is 13.5. The Morgan fingerprint density at radius 3 is 2.32 bits per heavy atom. The van der Waals surface area contributed by atoms with Crippen LogP contribution in [-0.4, -0.2) is 42.6 Å². The average Bonchev–Trinajstić information content (AvgIpc) is 2.42. The van der Waals surface area contributed by atoms with Crippen LogP contribution in [0.3, 0.4) is 0 Å². The number of carbonyl (C=O) groups is 1. The van der Waals surface area contributed by atoms with E-state index < -0.39 is 12.5 Å². The normalized spacial score (nSPS) is 11.5. The summed E-state index contributed by atoms with van der Waals surface area (Å²) in [6.07, 6.45) is 0. The summed E-state index contributed by atoms with van der Waals surface area (Å²) >= 11 is 0. The van der Waals surface area contributed by atoms with Crippen molar-refractivity contribution in [2.75, 3.05) is 13.1 Å². The molecule has 0 heterocycles. The Hall–Kier alpha value is -1.69. The van der Waals surface area contributed by atoms with Gasteiger partial charge in [0.05, 0.1) is 5.56 Å². The maximum absolute atomic E-state index is 12.3. The topological polar surface area (TPSA) is 41.6 Å². The van der Waals surface area contributed by atoms with E-state index in [1.165, 1.54) is 12.1 Å². The summed E-state index contributed by atoms with van der Waals surface area (Å²) in [5, 5.41) is 2.75. The van der Waals surface area contributed by atoms with Gasteiger partial charge in [0.2, 0.25) is 0 Å². The van der Waals surface area contributed by atoms with Crippen molar-refractivity contribution in [2.45, 2.75) is 46.4 Å². The molecule has 1 amide bonds. The first-order valence-electron chi connectivity index (χ1n) is 7.40. The number of halogens is 2. The molecule has 0 aromatic heterocycles. The number of carbonyl (C=O) groups excluding carboxylic acids is 1. The van der Waals surface area contributed by atoms with Crippen LogP contribution in [0.4, 0.5) is 8.78 Å². The third-order valence-electron chi connectivity index (χ3n) is 3.33. The first-order valence-corrected chi connectivity index (χ1v) is 7.40. The molecule has 0 fully saturated rings. The number of rotatable bonds is 8. The molecule has 1 rings (SSSR count). The monoisotopic (exact) mass is 314 g/mol. The minimum Gasteiger partial charge on any atom is -0.434 e. The largest absolute Gasteiger partial charge is 0.434 e. The van der Waals surface area contributed by atoms with Gasteiger partial charge in [-0.15, -0.1) is 0 Å². The Morgan fingerprint density at radius 2 is 1.77 bits per heavy atom. The number of ether oxygens (including phenoxy) is 1. The third kappa shape index (κ3) is 5.60.